The maximum absolute atomic E-state index is 10.1. The molecule has 0 bridgehead atoms. The third-order valence-electron chi connectivity index (χ3n) is 1.55. The Kier molecular flexibility index (Phi) is 12.3. The molecule has 0 aliphatic carbocycles. The molecule has 0 atom stereocenters. The van der Waals surface area contributed by atoms with E-state index in [1.54, 1.807) is 0 Å². The molecule has 0 aromatic carbocycles. The number of hydrogen-bond donors (Lipinski definition) is 1. The van der Waals surface area contributed by atoms with Crippen molar-refractivity contribution in [3.63, 3.8) is 0 Å². The summed E-state index contributed by atoms with van der Waals surface area (Å²) >= 11 is 0. The van der Waals surface area contributed by atoms with Gasteiger partial charge in [0.05, 0.1) is 0 Å². The Labute approximate surface area is 80.1 Å². The van der Waals surface area contributed by atoms with Gasteiger partial charge in [-0.15, -0.1) is 19.0 Å². The van der Waals surface area contributed by atoms with Crippen molar-refractivity contribution >= 4 is 18.4 Å². The van der Waals surface area contributed by atoms with E-state index in [-0.39, 0.29) is 12.4 Å². The molecule has 3 heteroatoms. The SMILES string of the molecule is C=CCCCCCCC(=O)O.Cl. The Morgan fingerprint density at radius 3 is 2.33 bits per heavy atom. The predicted octanol–water partition coefficient (Wildman–Crippen LogP) is 3.02. The number of allylic oxidation sites excluding steroid dienone is 1. The minimum absolute atomic E-state index is 0. The number of hydrogen-bond acceptors (Lipinski definition) is 1. The minimum Gasteiger partial charge on any atom is -0.481 e. The van der Waals surface area contributed by atoms with E-state index in [4.69, 9.17) is 5.11 Å². The highest BCUT2D eigenvalue weighted by molar-refractivity contribution is 5.85. The van der Waals surface area contributed by atoms with E-state index in [0.717, 1.165) is 32.1 Å². The van der Waals surface area contributed by atoms with Crippen molar-refractivity contribution < 1.29 is 9.90 Å². The Bertz CT molecular complexity index is 124. The van der Waals surface area contributed by atoms with Crippen LogP contribution in [0.1, 0.15) is 38.5 Å². The summed E-state index contributed by atoms with van der Waals surface area (Å²) in [6.45, 7) is 3.61. The van der Waals surface area contributed by atoms with Crippen LogP contribution in [-0.2, 0) is 4.79 Å². The lowest BCUT2D eigenvalue weighted by atomic mass is 10.1. The molecule has 0 aromatic heterocycles. The van der Waals surface area contributed by atoms with Gasteiger partial charge >= 0.3 is 5.97 Å². The van der Waals surface area contributed by atoms with Crippen LogP contribution in [0, 0.1) is 0 Å². The number of rotatable bonds is 7. The first-order valence-electron chi connectivity index (χ1n) is 4.10. The number of carbonyl (C=O) groups is 1. The van der Waals surface area contributed by atoms with Crippen LogP contribution in [0.4, 0.5) is 0 Å². The van der Waals surface area contributed by atoms with E-state index in [9.17, 15) is 4.79 Å². The summed E-state index contributed by atoms with van der Waals surface area (Å²) in [6.07, 6.45) is 7.37. The fraction of sp³-hybridized carbons (Fsp3) is 0.667. The lowest BCUT2D eigenvalue weighted by Gasteiger charge is -1.95. The van der Waals surface area contributed by atoms with E-state index < -0.39 is 5.97 Å². The zero-order chi connectivity index (χ0) is 8.53. The van der Waals surface area contributed by atoms with Crippen molar-refractivity contribution in [1.29, 1.82) is 0 Å². The van der Waals surface area contributed by atoms with Gasteiger partial charge in [0.25, 0.3) is 0 Å². The molecule has 0 rings (SSSR count). The summed E-state index contributed by atoms with van der Waals surface area (Å²) in [6, 6.07) is 0. The molecule has 1 N–H and O–H groups in total. The number of carboxylic acids is 1. The third kappa shape index (κ3) is 12.2. The van der Waals surface area contributed by atoms with E-state index in [0.29, 0.717) is 6.42 Å². The van der Waals surface area contributed by atoms with Crippen molar-refractivity contribution in [2.45, 2.75) is 38.5 Å². The first-order chi connectivity index (χ1) is 5.27. The third-order valence-corrected chi connectivity index (χ3v) is 1.55. The maximum atomic E-state index is 10.1. The van der Waals surface area contributed by atoms with Crippen LogP contribution in [-0.4, -0.2) is 11.1 Å². The van der Waals surface area contributed by atoms with Gasteiger partial charge in [-0.05, 0) is 19.3 Å². The molecule has 0 spiro atoms. The fourth-order valence-corrected chi connectivity index (χ4v) is 0.918. The van der Waals surface area contributed by atoms with Crippen LogP contribution in [0.3, 0.4) is 0 Å². The molecule has 0 aliphatic heterocycles. The lowest BCUT2D eigenvalue weighted by molar-refractivity contribution is -0.137. The second-order valence-electron chi connectivity index (χ2n) is 2.64. The van der Waals surface area contributed by atoms with Gasteiger partial charge in [-0.3, -0.25) is 4.79 Å². The average Bonchev–Trinajstić information content (AvgIpc) is 1.96. The molecule has 0 radical (unpaired) electrons. The molecule has 0 aromatic rings. The van der Waals surface area contributed by atoms with Gasteiger partial charge in [0.1, 0.15) is 0 Å². The van der Waals surface area contributed by atoms with E-state index in [1.807, 2.05) is 6.08 Å². The molecule has 0 amide bonds. The minimum atomic E-state index is -0.686. The van der Waals surface area contributed by atoms with Crippen LogP contribution < -0.4 is 0 Å². The summed E-state index contributed by atoms with van der Waals surface area (Å²) in [5, 5.41) is 8.30. The van der Waals surface area contributed by atoms with Crippen molar-refractivity contribution in [1.82, 2.24) is 0 Å². The summed E-state index contributed by atoms with van der Waals surface area (Å²) in [5.41, 5.74) is 0. The van der Waals surface area contributed by atoms with Crippen LogP contribution >= 0.6 is 12.4 Å². The second-order valence-corrected chi connectivity index (χ2v) is 2.64. The number of halogens is 1. The zero-order valence-corrected chi connectivity index (χ0v) is 8.11. The zero-order valence-electron chi connectivity index (χ0n) is 7.29. The summed E-state index contributed by atoms with van der Waals surface area (Å²) < 4.78 is 0. The number of aliphatic carboxylic acids is 1. The molecular weight excluding hydrogens is 176 g/mol. The molecule has 72 valence electrons. The molecule has 12 heavy (non-hydrogen) atoms. The van der Waals surface area contributed by atoms with Crippen molar-refractivity contribution in [2.75, 3.05) is 0 Å². The molecule has 0 saturated heterocycles. The fourth-order valence-electron chi connectivity index (χ4n) is 0.918. The van der Waals surface area contributed by atoms with Crippen molar-refractivity contribution in [3.8, 4) is 0 Å². The maximum Gasteiger partial charge on any atom is 0.303 e. The van der Waals surface area contributed by atoms with Crippen LogP contribution in [0.25, 0.3) is 0 Å². The van der Waals surface area contributed by atoms with Gasteiger partial charge in [-0.25, -0.2) is 0 Å². The molecule has 0 fully saturated rings. The number of unbranched alkanes of at least 4 members (excludes halogenated alkanes) is 4. The molecule has 0 unspecified atom stereocenters. The quantitative estimate of drug-likeness (QED) is 0.497. The molecular formula is C9H17ClO2. The van der Waals surface area contributed by atoms with Crippen LogP contribution in [0.15, 0.2) is 12.7 Å². The molecule has 2 nitrogen and oxygen atoms in total. The van der Waals surface area contributed by atoms with E-state index in [1.165, 1.54) is 0 Å². The summed E-state index contributed by atoms with van der Waals surface area (Å²) in [4.78, 5) is 10.1. The monoisotopic (exact) mass is 192 g/mol. The highest BCUT2D eigenvalue weighted by Gasteiger charge is 1.94. The number of carboxylic acid groups (broad SMARTS) is 1. The van der Waals surface area contributed by atoms with Crippen LogP contribution in [0.5, 0.6) is 0 Å². The topological polar surface area (TPSA) is 37.3 Å². The van der Waals surface area contributed by atoms with Gasteiger partial charge in [0, 0.05) is 6.42 Å². The molecule has 0 saturated carbocycles. The molecule has 0 aliphatic rings. The van der Waals surface area contributed by atoms with Gasteiger partial charge < -0.3 is 5.11 Å². The highest BCUT2D eigenvalue weighted by Crippen LogP contribution is 2.04. The van der Waals surface area contributed by atoms with Crippen LogP contribution in [0.2, 0.25) is 0 Å². The standard InChI is InChI=1S/C9H16O2.ClH/c1-2-3-4-5-6-7-8-9(10)11;/h2H,1,3-8H2,(H,10,11);1H. The van der Waals surface area contributed by atoms with Gasteiger partial charge in [-0.1, -0.05) is 18.9 Å². The Morgan fingerprint density at radius 1 is 1.25 bits per heavy atom. The highest BCUT2D eigenvalue weighted by atomic mass is 35.5. The van der Waals surface area contributed by atoms with E-state index >= 15 is 0 Å². The molecule has 0 heterocycles. The van der Waals surface area contributed by atoms with Gasteiger partial charge in [0.15, 0.2) is 0 Å². The Hall–Kier alpha value is -0.500. The largest absolute Gasteiger partial charge is 0.481 e. The van der Waals surface area contributed by atoms with Gasteiger partial charge in [0.2, 0.25) is 0 Å². The first kappa shape index (κ1) is 14.0. The smallest absolute Gasteiger partial charge is 0.303 e. The predicted molar refractivity (Wildman–Crippen MR) is 52.8 cm³/mol. The Morgan fingerprint density at radius 2 is 1.83 bits per heavy atom. The average molecular weight is 193 g/mol. The van der Waals surface area contributed by atoms with Gasteiger partial charge in [-0.2, -0.15) is 0 Å². The second kappa shape index (κ2) is 10.5. The normalized spacial score (nSPS) is 8.67. The lowest BCUT2D eigenvalue weighted by Crippen LogP contribution is -1.93. The summed E-state index contributed by atoms with van der Waals surface area (Å²) in [5.74, 6) is -0.686. The van der Waals surface area contributed by atoms with E-state index in [2.05, 4.69) is 6.58 Å². The first-order valence-corrected chi connectivity index (χ1v) is 4.10. The summed E-state index contributed by atoms with van der Waals surface area (Å²) in [7, 11) is 0. The van der Waals surface area contributed by atoms with Crippen molar-refractivity contribution in [2.24, 2.45) is 0 Å². The Balaban J connectivity index is 0. The van der Waals surface area contributed by atoms with Crippen molar-refractivity contribution in [3.05, 3.63) is 12.7 Å².